The molecule has 1 aliphatic carbocycles. The van der Waals surface area contributed by atoms with E-state index < -0.39 is 0 Å². The molecule has 0 bridgehead atoms. The smallest absolute Gasteiger partial charge is 0.227 e. The summed E-state index contributed by atoms with van der Waals surface area (Å²) in [6.07, 6.45) is 2.94. The largest absolute Gasteiger partial charge is 0.382 e. The number of hydrogen-bond acceptors (Lipinski definition) is 3. The molecule has 0 aromatic heterocycles. The lowest BCUT2D eigenvalue weighted by Gasteiger charge is -2.41. The van der Waals surface area contributed by atoms with Crippen molar-refractivity contribution in [2.24, 2.45) is 11.1 Å². The van der Waals surface area contributed by atoms with Gasteiger partial charge in [0, 0.05) is 13.7 Å². The summed E-state index contributed by atoms with van der Waals surface area (Å²) in [6.45, 7) is 4.87. The Balaban J connectivity index is 2.54. The van der Waals surface area contributed by atoms with Gasteiger partial charge in [0.05, 0.1) is 17.6 Å². The van der Waals surface area contributed by atoms with Crippen molar-refractivity contribution in [1.82, 2.24) is 5.32 Å². The van der Waals surface area contributed by atoms with Gasteiger partial charge in [-0.15, -0.1) is 0 Å². The van der Waals surface area contributed by atoms with Crippen molar-refractivity contribution in [2.75, 3.05) is 20.3 Å². The number of carbonyl (C=O) groups excluding carboxylic acids is 1. The first-order valence-electron chi connectivity index (χ1n) is 5.47. The molecule has 0 aromatic carbocycles. The van der Waals surface area contributed by atoms with E-state index in [9.17, 15) is 4.79 Å². The summed E-state index contributed by atoms with van der Waals surface area (Å²) >= 11 is 0. The van der Waals surface area contributed by atoms with Gasteiger partial charge in [0.25, 0.3) is 0 Å². The number of amides is 1. The van der Waals surface area contributed by atoms with E-state index in [0.29, 0.717) is 13.2 Å². The fraction of sp³-hybridized carbons (Fsp3) is 0.909. The zero-order chi connectivity index (χ0) is 11.5. The van der Waals surface area contributed by atoms with Crippen molar-refractivity contribution in [3.8, 4) is 0 Å². The minimum Gasteiger partial charge on any atom is -0.382 e. The van der Waals surface area contributed by atoms with Crippen molar-refractivity contribution in [3.05, 3.63) is 0 Å². The van der Waals surface area contributed by atoms with Gasteiger partial charge in [-0.25, -0.2) is 0 Å². The van der Waals surface area contributed by atoms with Crippen molar-refractivity contribution in [1.29, 1.82) is 0 Å². The highest BCUT2D eigenvalue weighted by Crippen LogP contribution is 2.40. The van der Waals surface area contributed by atoms with Crippen LogP contribution < -0.4 is 11.1 Å². The molecule has 0 radical (unpaired) electrons. The van der Waals surface area contributed by atoms with Crippen molar-refractivity contribution < 1.29 is 9.53 Å². The second-order valence-electron chi connectivity index (χ2n) is 5.11. The normalized spacial score (nSPS) is 19.5. The van der Waals surface area contributed by atoms with E-state index >= 15 is 0 Å². The first-order chi connectivity index (χ1) is 6.96. The molecule has 0 heterocycles. The molecular formula is C11H22N2O2. The van der Waals surface area contributed by atoms with Crippen LogP contribution in [0, 0.1) is 5.41 Å². The van der Waals surface area contributed by atoms with Gasteiger partial charge >= 0.3 is 0 Å². The van der Waals surface area contributed by atoms with Gasteiger partial charge in [-0.2, -0.15) is 0 Å². The average molecular weight is 214 g/mol. The number of hydrogen-bond donors (Lipinski definition) is 2. The molecule has 0 saturated heterocycles. The lowest BCUT2D eigenvalue weighted by Crippen LogP contribution is -2.57. The van der Waals surface area contributed by atoms with Crippen LogP contribution >= 0.6 is 0 Å². The van der Waals surface area contributed by atoms with E-state index in [1.54, 1.807) is 7.11 Å². The van der Waals surface area contributed by atoms with Crippen LogP contribution in [0.2, 0.25) is 0 Å². The molecule has 4 heteroatoms. The predicted octanol–water partition coefficient (Wildman–Crippen LogP) is 0.657. The molecular weight excluding hydrogens is 192 g/mol. The Morgan fingerprint density at radius 3 is 2.47 bits per heavy atom. The van der Waals surface area contributed by atoms with Gasteiger partial charge in [-0.1, -0.05) is 6.42 Å². The summed E-state index contributed by atoms with van der Waals surface area (Å²) in [5, 5.41) is 3.01. The molecule has 15 heavy (non-hydrogen) atoms. The summed E-state index contributed by atoms with van der Waals surface area (Å²) in [6, 6.07) is 0. The van der Waals surface area contributed by atoms with Crippen LogP contribution in [-0.2, 0) is 9.53 Å². The molecule has 0 unspecified atom stereocenters. The zero-order valence-corrected chi connectivity index (χ0v) is 9.93. The second-order valence-corrected chi connectivity index (χ2v) is 5.11. The minimum atomic E-state index is -0.316. The highest BCUT2D eigenvalue weighted by atomic mass is 16.5. The van der Waals surface area contributed by atoms with Crippen LogP contribution in [-0.4, -0.2) is 31.7 Å². The predicted molar refractivity (Wildman–Crippen MR) is 59.4 cm³/mol. The van der Waals surface area contributed by atoms with Gasteiger partial charge in [0.1, 0.15) is 0 Å². The van der Waals surface area contributed by atoms with Gasteiger partial charge in [-0.3, -0.25) is 4.79 Å². The number of nitrogens with one attached hydrogen (secondary N) is 1. The van der Waals surface area contributed by atoms with Crippen LogP contribution in [0.3, 0.4) is 0 Å². The molecule has 1 aliphatic rings. The lowest BCUT2D eigenvalue weighted by atomic mass is 9.68. The summed E-state index contributed by atoms with van der Waals surface area (Å²) in [4.78, 5) is 12.0. The topological polar surface area (TPSA) is 64.3 Å². The fourth-order valence-corrected chi connectivity index (χ4v) is 1.96. The van der Waals surface area contributed by atoms with Crippen LogP contribution in [0.5, 0.6) is 0 Å². The number of carbonyl (C=O) groups is 1. The van der Waals surface area contributed by atoms with E-state index in [2.05, 4.69) is 5.32 Å². The number of nitrogens with two attached hydrogens (primary N) is 1. The molecule has 0 aliphatic heterocycles. The maximum atomic E-state index is 12.0. The second kappa shape index (κ2) is 4.49. The third-order valence-corrected chi connectivity index (χ3v) is 3.14. The van der Waals surface area contributed by atoms with Gasteiger partial charge in [-0.05, 0) is 26.7 Å². The SMILES string of the molecule is COCC(C)(C)NC(=O)C1(CN)CCC1. The molecule has 3 N–H and O–H groups in total. The maximum absolute atomic E-state index is 12.0. The van der Waals surface area contributed by atoms with Crippen LogP contribution in [0.25, 0.3) is 0 Å². The molecule has 0 atom stereocenters. The van der Waals surface area contributed by atoms with Crippen molar-refractivity contribution >= 4 is 5.91 Å². The van der Waals surface area contributed by atoms with Crippen LogP contribution in [0.4, 0.5) is 0 Å². The highest BCUT2D eigenvalue weighted by Gasteiger charge is 2.44. The van der Waals surface area contributed by atoms with E-state index in [-0.39, 0.29) is 16.9 Å². The molecule has 1 rings (SSSR count). The Kier molecular flexibility index (Phi) is 3.73. The molecule has 1 amide bonds. The Morgan fingerprint density at radius 2 is 2.13 bits per heavy atom. The maximum Gasteiger partial charge on any atom is 0.227 e. The molecule has 1 saturated carbocycles. The standard InChI is InChI=1S/C11H22N2O2/c1-10(2,8-15-3)13-9(14)11(7-12)5-4-6-11/h4-8,12H2,1-3H3,(H,13,14). The highest BCUT2D eigenvalue weighted by molar-refractivity contribution is 5.84. The van der Waals surface area contributed by atoms with E-state index in [0.717, 1.165) is 19.3 Å². The third-order valence-electron chi connectivity index (χ3n) is 3.14. The molecule has 0 aromatic rings. The Bertz CT molecular complexity index is 229. The Labute approximate surface area is 91.5 Å². The first kappa shape index (κ1) is 12.5. The summed E-state index contributed by atoms with van der Waals surface area (Å²) in [7, 11) is 1.63. The zero-order valence-electron chi connectivity index (χ0n) is 9.93. The molecule has 88 valence electrons. The van der Waals surface area contributed by atoms with Crippen LogP contribution in [0.15, 0.2) is 0 Å². The monoisotopic (exact) mass is 214 g/mol. The summed E-state index contributed by atoms with van der Waals surface area (Å²) < 4.78 is 5.06. The first-order valence-corrected chi connectivity index (χ1v) is 5.47. The minimum absolute atomic E-state index is 0.0818. The third kappa shape index (κ3) is 2.69. The summed E-state index contributed by atoms with van der Waals surface area (Å²) in [5.41, 5.74) is 5.05. The average Bonchev–Trinajstić information content (AvgIpc) is 2.01. The quantitative estimate of drug-likeness (QED) is 0.706. The summed E-state index contributed by atoms with van der Waals surface area (Å²) in [5.74, 6) is 0.0818. The van der Waals surface area contributed by atoms with Gasteiger partial charge in [0.15, 0.2) is 0 Å². The fourth-order valence-electron chi connectivity index (χ4n) is 1.96. The number of methoxy groups -OCH3 is 1. The van der Waals surface area contributed by atoms with E-state index in [1.165, 1.54) is 0 Å². The Hall–Kier alpha value is -0.610. The Morgan fingerprint density at radius 1 is 1.53 bits per heavy atom. The van der Waals surface area contributed by atoms with E-state index in [4.69, 9.17) is 10.5 Å². The molecule has 4 nitrogen and oxygen atoms in total. The van der Waals surface area contributed by atoms with E-state index in [1.807, 2.05) is 13.8 Å². The molecule has 1 fully saturated rings. The van der Waals surface area contributed by atoms with Crippen molar-refractivity contribution in [3.63, 3.8) is 0 Å². The van der Waals surface area contributed by atoms with Crippen molar-refractivity contribution in [2.45, 2.75) is 38.6 Å². The molecule has 0 spiro atoms. The lowest BCUT2D eigenvalue weighted by molar-refractivity contribution is -0.137. The van der Waals surface area contributed by atoms with Gasteiger partial charge in [0.2, 0.25) is 5.91 Å². The van der Waals surface area contributed by atoms with Crippen LogP contribution in [0.1, 0.15) is 33.1 Å². The number of ether oxygens (including phenoxy) is 1. The van der Waals surface area contributed by atoms with Gasteiger partial charge < -0.3 is 15.8 Å². The number of rotatable bonds is 5.